The summed E-state index contributed by atoms with van der Waals surface area (Å²) >= 11 is 0. The predicted molar refractivity (Wildman–Crippen MR) is 119 cm³/mol. The number of hydrogen-bond acceptors (Lipinski definition) is 4. The van der Waals surface area contributed by atoms with E-state index in [0.29, 0.717) is 0 Å². The molecule has 6 heteroatoms. The Morgan fingerprint density at radius 3 is 1.61 bits per heavy atom. The zero-order valence-electron chi connectivity index (χ0n) is 18.8. The molecule has 2 rings (SSSR count). The van der Waals surface area contributed by atoms with Crippen molar-refractivity contribution in [2.75, 3.05) is 68.5 Å². The van der Waals surface area contributed by atoms with Crippen LogP contribution in [0.2, 0.25) is 0 Å². The molecule has 2 aromatic rings. The fourth-order valence-electron chi connectivity index (χ4n) is 3.60. The molecule has 0 atom stereocenters. The molecule has 4 nitrogen and oxygen atoms in total. The van der Waals surface area contributed by atoms with Gasteiger partial charge in [-0.1, -0.05) is 30.3 Å². The summed E-state index contributed by atoms with van der Waals surface area (Å²) in [6.07, 6.45) is 0. The largest absolute Gasteiger partial charge is 1.00 e. The molecule has 0 unspecified atom stereocenters. The van der Waals surface area contributed by atoms with Gasteiger partial charge in [0, 0.05) is 26.2 Å². The summed E-state index contributed by atoms with van der Waals surface area (Å²) < 4.78 is 5.20. The molecule has 0 bridgehead atoms. The third-order valence-electron chi connectivity index (χ3n) is 5.13. The molecule has 0 aliphatic rings. The third kappa shape index (κ3) is 6.04. The Morgan fingerprint density at radius 1 is 0.679 bits per heavy atom. The van der Waals surface area contributed by atoms with Gasteiger partial charge in [0.15, 0.2) is 0 Å². The van der Waals surface area contributed by atoms with Crippen molar-refractivity contribution in [3.8, 4) is 0 Å². The fourth-order valence-corrected chi connectivity index (χ4v) is 8.32. The summed E-state index contributed by atoms with van der Waals surface area (Å²) in [5.41, 5.74) is 0. The number of likely N-dealkylation sites (N-methyl/N-ethyl adjacent to an activating group) is 4. The van der Waals surface area contributed by atoms with Crippen molar-refractivity contribution in [1.29, 1.82) is 0 Å². The van der Waals surface area contributed by atoms with Gasteiger partial charge in [0.1, 0.15) is 0 Å². The van der Waals surface area contributed by atoms with Crippen LogP contribution in [0.15, 0.2) is 54.6 Å². The van der Waals surface area contributed by atoms with Crippen LogP contribution in [0.4, 0.5) is 0 Å². The van der Waals surface area contributed by atoms with Gasteiger partial charge in [-0.05, 0) is 47.5 Å². The summed E-state index contributed by atoms with van der Waals surface area (Å²) in [5.74, 6) is 0. The van der Waals surface area contributed by atoms with E-state index in [9.17, 15) is 0 Å². The van der Waals surface area contributed by atoms with Crippen molar-refractivity contribution in [2.24, 2.45) is 0 Å². The summed E-state index contributed by atoms with van der Waals surface area (Å²) in [6.45, 7) is 4.10. The van der Waals surface area contributed by atoms with Gasteiger partial charge in [0.25, 0.3) is 0 Å². The van der Waals surface area contributed by atoms with Gasteiger partial charge in [-0.3, -0.25) is 0 Å². The maximum absolute atomic E-state index is 3.60. The monoisotopic (exact) mass is 390 g/mol. The second kappa shape index (κ2) is 11.9. The van der Waals surface area contributed by atoms with Gasteiger partial charge < -0.3 is 18.9 Å². The van der Waals surface area contributed by atoms with Crippen LogP contribution < -0.4 is 29.2 Å². The van der Waals surface area contributed by atoms with Crippen LogP contribution in [0.5, 0.6) is 0 Å². The van der Waals surface area contributed by atoms with Crippen LogP contribution in [0.25, 0.3) is 0 Å². The van der Waals surface area contributed by atoms with E-state index in [1.807, 2.05) is 0 Å². The average molecular weight is 391 g/mol. The average Bonchev–Trinajstić information content (AvgIpc) is 2.67. The Balaban J connectivity index is 0.00000392. The first-order valence-electron chi connectivity index (χ1n) is 9.63. The van der Waals surface area contributed by atoms with Gasteiger partial charge in [0.2, 0.25) is 8.40 Å². The molecule has 0 N–H and O–H groups in total. The van der Waals surface area contributed by atoms with Gasteiger partial charge in [0.05, 0.1) is 0 Å². The molecule has 148 valence electrons. The summed E-state index contributed by atoms with van der Waals surface area (Å²) in [7, 11) is 10.8. The van der Waals surface area contributed by atoms with E-state index in [1.165, 1.54) is 10.4 Å². The van der Waals surface area contributed by atoms with Crippen LogP contribution in [-0.2, 0) is 0 Å². The molecule has 0 aromatic heterocycles. The zero-order chi connectivity index (χ0) is 19.9. The van der Waals surface area contributed by atoms with E-state index in [2.05, 4.69) is 122 Å². The van der Waals surface area contributed by atoms with Gasteiger partial charge in [-0.2, -0.15) is 30.3 Å². The molecule has 0 radical (unpaired) electrons. The fraction of sp³-hybridized carbons (Fsp3) is 0.455. The van der Waals surface area contributed by atoms with Crippen molar-refractivity contribution < 1.29 is 18.9 Å². The standard InChI is InChI=1S/C22H35N4Si.Li/c1-23(2)17-19-25(5)27(21-13-9-7-10-14-21,22-15-11-8-12-16-22)26(6)20-18-24(3)4;/h7-15H,17-20H2,1-6H3;/q-1;+1. The Bertz CT molecular complexity index is 607. The SMILES string of the molecule is CN(C)CCN(C)[Si](c1[c-]cccc1)(c1ccccc1)N(C)CCN(C)C.[Li+]. The summed E-state index contributed by atoms with van der Waals surface area (Å²) in [5, 5.41) is 2.73. The minimum atomic E-state index is -2.33. The van der Waals surface area contributed by atoms with E-state index in [-0.39, 0.29) is 18.9 Å². The van der Waals surface area contributed by atoms with Crippen LogP contribution in [0.3, 0.4) is 0 Å². The maximum Gasteiger partial charge on any atom is 1.00 e. The van der Waals surface area contributed by atoms with E-state index < -0.39 is 8.40 Å². The normalized spacial score (nSPS) is 12.1. The molecule has 0 amide bonds. The van der Waals surface area contributed by atoms with E-state index in [4.69, 9.17) is 0 Å². The number of hydrogen-bond donors (Lipinski definition) is 0. The van der Waals surface area contributed by atoms with Crippen LogP contribution >= 0.6 is 0 Å². The topological polar surface area (TPSA) is 13.0 Å². The Hall–Kier alpha value is -0.906. The Labute approximate surface area is 185 Å². The van der Waals surface area contributed by atoms with Crippen LogP contribution in [0.1, 0.15) is 0 Å². The van der Waals surface area contributed by atoms with Crippen molar-refractivity contribution in [3.63, 3.8) is 0 Å². The molecular weight excluding hydrogens is 355 g/mol. The Morgan fingerprint density at radius 2 is 1.18 bits per heavy atom. The summed E-state index contributed by atoms with van der Waals surface area (Å²) in [6, 6.07) is 23.2. The maximum atomic E-state index is 3.60. The van der Waals surface area contributed by atoms with E-state index >= 15 is 0 Å². The second-order valence-electron chi connectivity index (χ2n) is 7.76. The smallest absolute Gasteiger partial charge is 0.308 e. The molecule has 0 aliphatic carbocycles. The molecule has 28 heavy (non-hydrogen) atoms. The van der Waals surface area contributed by atoms with E-state index in [0.717, 1.165) is 26.2 Å². The van der Waals surface area contributed by atoms with Gasteiger partial charge >= 0.3 is 18.9 Å². The van der Waals surface area contributed by atoms with Gasteiger partial charge in [-0.15, -0.1) is 5.19 Å². The molecule has 0 fully saturated rings. The number of nitrogens with zero attached hydrogens (tertiary/aromatic N) is 4. The van der Waals surface area contributed by atoms with Crippen LogP contribution in [0, 0.1) is 6.07 Å². The zero-order valence-corrected chi connectivity index (χ0v) is 19.8. The number of benzene rings is 2. The third-order valence-corrected chi connectivity index (χ3v) is 9.99. The minimum absolute atomic E-state index is 0. The number of rotatable bonds is 10. The Kier molecular flexibility index (Phi) is 10.7. The first-order chi connectivity index (χ1) is 12.9. The van der Waals surface area contributed by atoms with Crippen molar-refractivity contribution in [1.82, 2.24) is 18.9 Å². The molecule has 0 saturated heterocycles. The minimum Gasteiger partial charge on any atom is -0.308 e. The summed E-state index contributed by atoms with van der Waals surface area (Å²) in [4.78, 5) is 4.52. The molecule has 0 aliphatic heterocycles. The molecule has 0 heterocycles. The van der Waals surface area contributed by atoms with Crippen molar-refractivity contribution in [2.45, 2.75) is 0 Å². The molecule has 2 aromatic carbocycles. The first-order valence-corrected chi connectivity index (χ1v) is 11.5. The van der Waals surface area contributed by atoms with Crippen molar-refractivity contribution in [3.05, 3.63) is 60.7 Å². The van der Waals surface area contributed by atoms with E-state index in [1.54, 1.807) is 0 Å². The van der Waals surface area contributed by atoms with Crippen LogP contribution in [-0.4, -0.2) is 95.8 Å². The first kappa shape index (κ1) is 25.1. The molecule has 0 saturated carbocycles. The quantitative estimate of drug-likeness (QED) is 0.345. The predicted octanol–water partition coefficient (Wildman–Crippen LogP) is -1.97. The van der Waals surface area contributed by atoms with Gasteiger partial charge in [-0.25, -0.2) is 0 Å². The molecular formula is C22H35LiN4Si. The van der Waals surface area contributed by atoms with Crippen molar-refractivity contribution >= 4 is 18.8 Å². The molecule has 0 spiro atoms. The second-order valence-corrected chi connectivity index (χ2v) is 11.8.